The van der Waals surface area contributed by atoms with Crippen molar-refractivity contribution in [3.63, 3.8) is 0 Å². The average molecular weight is 470 g/mol. The molecule has 0 aliphatic heterocycles. The van der Waals surface area contributed by atoms with Gasteiger partial charge < -0.3 is 0 Å². The van der Waals surface area contributed by atoms with Crippen LogP contribution in [0.2, 0.25) is 5.02 Å². The van der Waals surface area contributed by atoms with E-state index in [0.29, 0.717) is 5.02 Å². The van der Waals surface area contributed by atoms with Gasteiger partial charge in [-0.05, 0) is 76.1 Å². The van der Waals surface area contributed by atoms with Gasteiger partial charge in [0.05, 0.1) is 22.4 Å². The smallest absolute Gasteiger partial charge is 0.0900 e. The molecule has 1 aromatic carbocycles. The molecule has 20 heavy (non-hydrogen) atoms. The van der Waals surface area contributed by atoms with Crippen molar-refractivity contribution in [2.45, 2.75) is 25.9 Å². The number of rotatable bonds is 4. The SMILES string of the molecule is CC(C)n1ncc(Br)c1C(NN)c1cc(Cl)ccc1I. The maximum Gasteiger partial charge on any atom is 0.0900 e. The summed E-state index contributed by atoms with van der Waals surface area (Å²) in [6, 6.07) is 5.84. The molecule has 0 aliphatic carbocycles. The molecular weight excluding hydrogens is 454 g/mol. The van der Waals surface area contributed by atoms with Gasteiger partial charge in [-0.2, -0.15) is 5.10 Å². The molecule has 108 valence electrons. The molecule has 0 saturated carbocycles. The van der Waals surface area contributed by atoms with Crippen molar-refractivity contribution in [3.05, 3.63) is 48.7 Å². The molecule has 1 aromatic heterocycles. The molecule has 0 saturated heterocycles. The number of hydrogen-bond donors (Lipinski definition) is 2. The Kier molecular flexibility index (Phi) is 5.47. The maximum absolute atomic E-state index is 6.12. The van der Waals surface area contributed by atoms with Gasteiger partial charge in [-0.3, -0.25) is 10.5 Å². The zero-order valence-electron chi connectivity index (χ0n) is 11.1. The number of hydrogen-bond acceptors (Lipinski definition) is 3. The van der Waals surface area contributed by atoms with Crippen molar-refractivity contribution in [2.75, 3.05) is 0 Å². The van der Waals surface area contributed by atoms with Crippen LogP contribution in [0.15, 0.2) is 28.9 Å². The van der Waals surface area contributed by atoms with Crippen LogP contribution in [0.4, 0.5) is 0 Å². The number of nitrogens with two attached hydrogens (primary N) is 1. The molecule has 4 nitrogen and oxygen atoms in total. The fourth-order valence-electron chi connectivity index (χ4n) is 2.08. The summed E-state index contributed by atoms with van der Waals surface area (Å²) in [4.78, 5) is 0. The molecule has 0 radical (unpaired) electrons. The van der Waals surface area contributed by atoms with Gasteiger partial charge in [-0.1, -0.05) is 11.6 Å². The standard InChI is InChI=1S/C13H15BrClIN4/c1-7(2)20-13(10(14)6-18-20)12(19-17)9-5-8(15)3-4-11(9)16/h3-7,12,19H,17H2,1-2H3. The Morgan fingerprint density at radius 3 is 2.75 bits per heavy atom. The molecule has 1 atom stereocenters. The number of nitrogens with one attached hydrogen (secondary N) is 1. The fourth-order valence-corrected chi connectivity index (χ4v) is 3.41. The van der Waals surface area contributed by atoms with Gasteiger partial charge in [0.1, 0.15) is 0 Å². The minimum Gasteiger partial charge on any atom is -0.271 e. The molecule has 1 unspecified atom stereocenters. The van der Waals surface area contributed by atoms with Crippen LogP contribution in [-0.2, 0) is 0 Å². The zero-order chi connectivity index (χ0) is 14.9. The number of benzene rings is 1. The lowest BCUT2D eigenvalue weighted by Gasteiger charge is -2.22. The summed E-state index contributed by atoms with van der Waals surface area (Å²) in [5, 5.41) is 5.09. The molecule has 0 aliphatic rings. The maximum atomic E-state index is 6.12. The Morgan fingerprint density at radius 2 is 2.15 bits per heavy atom. The van der Waals surface area contributed by atoms with Crippen LogP contribution in [0.1, 0.15) is 37.2 Å². The normalized spacial score (nSPS) is 12.9. The highest BCUT2D eigenvalue weighted by atomic mass is 127. The van der Waals surface area contributed by atoms with Crippen LogP contribution in [0.5, 0.6) is 0 Å². The lowest BCUT2D eigenvalue weighted by atomic mass is 10.0. The third-order valence-corrected chi connectivity index (χ3v) is 4.81. The predicted molar refractivity (Wildman–Crippen MR) is 93.6 cm³/mol. The second-order valence-electron chi connectivity index (χ2n) is 4.68. The second kappa shape index (κ2) is 6.74. The molecule has 2 aromatic rings. The second-order valence-corrected chi connectivity index (χ2v) is 7.13. The lowest BCUT2D eigenvalue weighted by molar-refractivity contribution is 0.475. The van der Waals surface area contributed by atoms with E-state index in [9.17, 15) is 0 Å². The van der Waals surface area contributed by atoms with Gasteiger partial charge in [-0.25, -0.2) is 5.43 Å². The van der Waals surface area contributed by atoms with E-state index in [2.05, 4.69) is 62.9 Å². The number of halogens is 3. The summed E-state index contributed by atoms with van der Waals surface area (Å²) in [5.41, 5.74) is 4.89. The van der Waals surface area contributed by atoms with Crippen LogP contribution < -0.4 is 11.3 Å². The van der Waals surface area contributed by atoms with Crippen LogP contribution in [-0.4, -0.2) is 9.78 Å². The Hall–Kier alpha value is -0.150. The Balaban J connectivity index is 2.58. The summed E-state index contributed by atoms with van der Waals surface area (Å²) < 4.78 is 3.97. The molecule has 0 amide bonds. The molecule has 0 spiro atoms. The first-order chi connectivity index (χ1) is 9.45. The molecule has 2 rings (SSSR count). The van der Waals surface area contributed by atoms with Crippen molar-refractivity contribution in [1.82, 2.24) is 15.2 Å². The number of hydrazine groups is 1. The summed E-state index contributed by atoms with van der Waals surface area (Å²) in [6.45, 7) is 4.17. The first-order valence-corrected chi connectivity index (χ1v) is 8.34. The van der Waals surface area contributed by atoms with Crippen LogP contribution in [0.25, 0.3) is 0 Å². The first kappa shape index (κ1) is 16.2. The number of nitrogens with zero attached hydrogens (tertiary/aromatic N) is 2. The lowest BCUT2D eigenvalue weighted by Crippen LogP contribution is -2.32. The van der Waals surface area contributed by atoms with E-state index in [4.69, 9.17) is 17.4 Å². The van der Waals surface area contributed by atoms with E-state index in [-0.39, 0.29) is 12.1 Å². The van der Waals surface area contributed by atoms with E-state index >= 15 is 0 Å². The van der Waals surface area contributed by atoms with Crippen LogP contribution in [0, 0.1) is 3.57 Å². The Morgan fingerprint density at radius 1 is 1.45 bits per heavy atom. The highest BCUT2D eigenvalue weighted by molar-refractivity contribution is 14.1. The Bertz CT molecular complexity index is 614. The van der Waals surface area contributed by atoms with Crippen LogP contribution >= 0.6 is 50.1 Å². The van der Waals surface area contributed by atoms with E-state index in [1.54, 1.807) is 6.20 Å². The van der Waals surface area contributed by atoms with Crippen molar-refractivity contribution >= 4 is 50.1 Å². The predicted octanol–water partition coefficient (Wildman–Crippen LogP) is 4.04. The van der Waals surface area contributed by atoms with Gasteiger partial charge in [0, 0.05) is 14.6 Å². The summed E-state index contributed by atoms with van der Waals surface area (Å²) in [5.74, 6) is 5.79. The fraction of sp³-hybridized carbons (Fsp3) is 0.308. The van der Waals surface area contributed by atoms with Gasteiger partial charge in [0.2, 0.25) is 0 Å². The summed E-state index contributed by atoms with van der Waals surface area (Å²) in [7, 11) is 0. The van der Waals surface area contributed by atoms with Gasteiger partial charge in [0.15, 0.2) is 0 Å². The van der Waals surface area contributed by atoms with Gasteiger partial charge >= 0.3 is 0 Å². The van der Waals surface area contributed by atoms with Gasteiger partial charge in [0.25, 0.3) is 0 Å². The molecular formula is C13H15BrClIN4. The van der Waals surface area contributed by atoms with Gasteiger partial charge in [-0.15, -0.1) is 0 Å². The van der Waals surface area contributed by atoms with Crippen molar-refractivity contribution < 1.29 is 0 Å². The van der Waals surface area contributed by atoms with Crippen molar-refractivity contribution in [1.29, 1.82) is 0 Å². The monoisotopic (exact) mass is 468 g/mol. The van der Waals surface area contributed by atoms with E-state index < -0.39 is 0 Å². The van der Waals surface area contributed by atoms with Crippen LogP contribution in [0.3, 0.4) is 0 Å². The molecule has 1 heterocycles. The summed E-state index contributed by atoms with van der Waals surface area (Å²) >= 11 is 12.0. The summed E-state index contributed by atoms with van der Waals surface area (Å²) in [6.07, 6.45) is 1.79. The number of aromatic nitrogens is 2. The Labute approximate surface area is 145 Å². The molecule has 7 heteroatoms. The average Bonchev–Trinajstić information content (AvgIpc) is 2.77. The molecule has 0 fully saturated rings. The third kappa shape index (κ3) is 3.19. The largest absolute Gasteiger partial charge is 0.271 e. The highest BCUT2D eigenvalue weighted by Gasteiger charge is 2.24. The molecule has 3 N–H and O–H groups in total. The topological polar surface area (TPSA) is 55.9 Å². The van der Waals surface area contributed by atoms with Crippen molar-refractivity contribution in [2.24, 2.45) is 5.84 Å². The highest BCUT2D eigenvalue weighted by Crippen LogP contribution is 2.33. The van der Waals surface area contributed by atoms with E-state index in [1.807, 2.05) is 22.9 Å². The minimum atomic E-state index is -0.181. The van der Waals surface area contributed by atoms with E-state index in [0.717, 1.165) is 19.3 Å². The minimum absolute atomic E-state index is 0.181. The quantitative estimate of drug-likeness (QED) is 0.404. The van der Waals surface area contributed by atoms with E-state index in [1.165, 1.54) is 0 Å². The van der Waals surface area contributed by atoms with Crippen molar-refractivity contribution in [3.8, 4) is 0 Å². The zero-order valence-corrected chi connectivity index (χ0v) is 15.6. The molecule has 0 bridgehead atoms. The third-order valence-electron chi connectivity index (χ3n) is 2.99. The first-order valence-electron chi connectivity index (χ1n) is 6.09.